The van der Waals surface area contributed by atoms with Gasteiger partial charge in [0.15, 0.2) is 0 Å². The zero-order valence-electron chi connectivity index (χ0n) is 11.6. The fourth-order valence-corrected chi connectivity index (χ4v) is 2.53. The van der Waals surface area contributed by atoms with E-state index < -0.39 is 0 Å². The molecule has 5 heteroatoms. The van der Waals surface area contributed by atoms with Crippen molar-refractivity contribution in [1.82, 2.24) is 4.90 Å². The molecule has 0 aliphatic carbocycles. The summed E-state index contributed by atoms with van der Waals surface area (Å²) in [5, 5.41) is 12.3. The molecule has 0 saturated carbocycles. The van der Waals surface area contributed by atoms with E-state index in [9.17, 15) is 9.18 Å². The fourth-order valence-electron chi connectivity index (χ4n) is 2.53. The molecule has 1 amide bonds. The van der Waals surface area contributed by atoms with Crippen LogP contribution in [0.4, 0.5) is 4.39 Å². The molecule has 1 aliphatic rings. The molecule has 1 heterocycles. The Morgan fingerprint density at radius 3 is 2.75 bits per heavy atom. The van der Waals surface area contributed by atoms with Crippen LogP contribution in [0.1, 0.15) is 25.3 Å². The Balaban J connectivity index is 1.98. The van der Waals surface area contributed by atoms with E-state index in [4.69, 9.17) is 5.21 Å². The SMILES string of the molecule is CCC1CN(C(=O)Cc2ccc(F)cc2)CC/C1=N\O. The van der Waals surface area contributed by atoms with E-state index in [1.165, 1.54) is 12.1 Å². The average Bonchev–Trinajstić information content (AvgIpc) is 2.48. The summed E-state index contributed by atoms with van der Waals surface area (Å²) in [6, 6.07) is 6.00. The van der Waals surface area contributed by atoms with Gasteiger partial charge in [-0.3, -0.25) is 4.79 Å². The molecular weight excluding hydrogens is 259 g/mol. The van der Waals surface area contributed by atoms with Crippen LogP contribution < -0.4 is 0 Å². The Bertz CT molecular complexity index is 499. The van der Waals surface area contributed by atoms with Crippen LogP contribution in [0.15, 0.2) is 29.4 Å². The molecule has 1 fully saturated rings. The van der Waals surface area contributed by atoms with E-state index in [-0.39, 0.29) is 24.1 Å². The normalized spacial score (nSPS) is 21.2. The largest absolute Gasteiger partial charge is 0.411 e. The summed E-state index contributed by atoms with van der Waals surface area (Å²) >= 11 is 0. The molecule has 2 rings (SSSR count). The Labute approximate surface area is 117 Å². The summed E-state index contributed by atoms with van der Waals surface area (Å²) in [4.78, 5) is 14.0. The number of benzene rings is 1. The second kappa shape index (κ2) is 6.50. The van der Waals surface area contributed by atoms with Gasteiger partial charge in [-0.05, 0) is 24.1 Å². The van der Waals surface area contributed by atoms with Crippen LogP contribution in [0.5, 0.6) is 0 Å². The predicted molar refractivity (Wildman–Crippen MR) is 74.3 cm³/mol. The summed E-state index contributed by atoms with van der Waals surface area (Å²) < 4.78 is 12.8. The molecule has 1 N–H and O–H groups in total. The molecule has 1 saturated heterocycles. The standard InChI is InChI=1S/C15H19FN2O2/c1-2-12-10-18(8-7-14(12)17-20)15(19)9-11-3-5-13(16)6-4-11/h3-6,12,20H,2,7-10H2,1H3/b17-14+. The summed E-state index contributed by atoms with van der Waals surface area (Å²) in [5.74, 6) is -0.132. The third kappa shape index (κ3) is 3.35. The minimum absolute atomic E-state index is 0.0343. The highest BCUT2D eigenvalue weighted by Crippen LogP contribution is 2.18. The van der Waals surface area contributed by atoms with E-state index in [1.807, 2.05) is 6.92 Å². The Kier molecular flexibility index (Phi) is 4.71. The van der Waals surface area contributed by atoms with E-state index in [2.05, 4.69) is 5.16 Å². The van der Waals surface area contributed by atoms with Crippen LogP contribution in [0.2, 0.25) is 0 Å². The highest BCUT2D eigenvalue weighted by Gasteiger charge is 2.27. The van der Waals surface area contributed by atoms with Crippen molar-refractivity contribution in [2.75, 3.05) is 13.1 Å². The van der Waals surface area contributed by atoms with Gasteiger partial charge < -0.3 is 10.1 Å². The fraction of sp³-hybridized carbons (Fsp3) is 0.467. The van der Waals surface area contributed by atoms with E-state index in [0.717, 1.165) is 17.7 Å². The Hall–Kier alpha value is -1.91. The molecule has 1 aliphatic heterocycles. The number of nitrogens with zero attached hydrogens (tertiary/aromatic N) is 2. The van der Waals surface area contributed by atoms with Crippen molar-refractivity contribution in [3.8, 4) is 0 Å². The first-order valence-electron chi connectivity index (χ1n) is 6.87. The second-order valence-electron chi connectivity index (χ2n) is 5.09. The quantitative estimate of drug-likeness (QED) is 0.682. The van der Waals surface area contributed by atoms with Gasteiger partial charge in [-0.25, -0.2) is 4.39 Å². The maximum Gasteiger partial charge on any atom is 0.227 e. The summed E-state index contributed by atoms with van der Waals surface area (Å²) in [5.41, 5.74) is 1.59. The maximum atomic E-state index is 12.8. The van der Waals surface area contributed by atoms with Crippen LogP contribution in [-0.2, 0) is 11.2 Å². The minimum atomic E-state index is -0.297. The third-order valence-electron chi connectivity index (χ3n) is 3.79. The second-order valence-corrected chi connectivity index (χ2v) is 5.09. The molecule has 1 atom stereocenters. The molecule has 20 heavy (non-hydrogen) atoms. The first-order chi connectivity index (χ1) is 9.63. The smallest absolute Gasteiger partial charge is 0.227 e. The van der Waals surface area contributed by atoms with Crippen LogP contribution in [0, 0.1) is 11.7 Å². The number of rotatable bonds is 3. The lowest BCUT2D eigenvalue weighted by Crippen LogP contribution is -2.44. The third-order valence-corrected chi connectivity index (χ3v) is 3.79. The number of carbonyl (C=O) groups excluding carboxylic acids is 1. The lowest BCUT2D eigenvalue weighted by Gasteiger charge is -2.33. The number of likely N-dealkylation sites (tertiary alicyclic amines) is 1. The number of oxime groups is 1. The van der Waals surface area contributed by atoms with Gasteiger partial charge in [0.1, 0.15) is 5.82 Å². The molecule has 0 aromatic heterocycles. The molecule has 4 nitrogen and oxygen atoms in total. The number of halogens is 1. The van der Waals surface area contributed by atoms with E-state index in [0.29, 0.717) is 19.5 Å². The summed E-state index contributed by atoms with van der Waals surface area (Å²) in [7, 11) is 0. The predicted octanol–water partition coefficient (Wildman–Crippen LogP) is 2.46. The van der Waals surface area contributed by atoms with Gasteiger partial charge in [0.25, 0.3) is 0 Å². The molecule has 1 aromatic carbocycles. The van der Waals surface area contributed by atoms with Crippen molar-refractivity contribution in [3.63, 3.8) is 0 Å². The zero-order valence-corrected chi connectivity index (χ0v) is 11.6. The Morgan fingerprint density at radius 2 is 2.15 bits per heavy atom. The summed E-state index contributed by atoms with van der Waals surface area (Å²) in [6.07, 6.45) is 1.74. The Morgan fingerprint density at radius 1 is 1.45 bits per heavy atom. The van der Waals surface area contributed by atoms with E-state index in [1.54, 1.807) is 17.0 Å². The van der Waals surface area contributed by atoms with Gasteiger partial charge in [-0.2, -0.15) is 0 Å². The molecule has 108 valence electrons. The van der Waals surface area contributed by atoms with Gasteiger partial charge in [0.2, 0.25) is 5.91 Å². The van der Waals surface area contributed by atoms with Crippen LogP contribution in [0.25, 0.3) is 0 Å². The molecule has 0 bridgehead atoms. The number of piperidine rings is 1. The molecule has 1 unspecified atom stereocenters. The van der Waals surface area contributed by atoms with Crippen molar-refractivity contribution < 1.29 is 14.4 Å². The van der Waals surface area contributed by atoms with Crippen molar-refractivity contribution in [2.45, 2.75) is 26.2 Å². The van der Waals surface area contributed by atoms with Gasteiger partial charge in [-0.15, -0.1) is 0 Å². The molecular formula is C15H19FN2O2. The molecule has 0 spiro atoms. The number of hydrogen-bond donors (Lipinski definition) is 1. The minimum Gasteiger partial charge on any atom is -0.411 e. The monoisotopic (exact) mass is 278 g/mol. The molecule has 1 aromatic rings. The zero-order chi connectivity index (χ0) is 14.5. The topological polar surface area (TPSA) is 52.9 Å². The lowest BCUT2D eigenvalue weighted by atomic mass is 9.93. The average molecular weight is 278 g/mol. The number of carbonyl (C=O) groups is 1. The highest BCUT2D eigenvalue weighted by atomic mass is 19.1. The highest BCUT2D eigenvalue weighted by molar-refractivity contribution is 5.89. The summed E-state index contributed by atoms with van der Waals surface area (Å²) in [6.45, 7) is 3.19. The number of hydrogen-bond acceptors (Lipinski definition) is 3. The maximum absolute atomic E-state index is 12.8. The van der Waals surface area contributed by atoms with Crippen LogP contribution >= 0.6 is 0 Å². The molecule has 0 radical (unpaired) electrons. The lowest BCUT2D eigenvalue weighted by molar-refractivity contribution is -0.131. The van der Waals surface area contributed by atoms with Crippen LogP contribution in [0.3, 0.4) is 0 Å². The van der Waals surface area contributed by atoms with Gasteiger partial charge in [0, 0.05) is 25.4 Å². The first-order valence-corrected chi connectivity index (χ1v) is 6.87. The number of amides is 1. The van der Waals surface area contributed by atoms with Crippen molar-refractivity contribution in [3.05, 3.63) is 35.6 Å². The van der Waals surface area contributed by atoms with Gasteiger partial charge in [0.05, 0.1) is 12.1 Å². The van der Waals surface area contributed by atoms with Gasteiger partial charge in [-0.1, -0.05) is 24.2 Å². The van der Waals surface area contributed by atoms with Gasteiger partial charge >= 0.3 is 0 Å². The first kappa shape index (κ1) is 14.5. The van der Waals surface area contributed by atoms with E-state index >= 15 is 0 Å². The van der Waals surface area contributed by atoms with Crippen molar-refractivity contribution >= 4 is 11.6 Å². The van der Waals surface area contributed by atoms with Crippen LogP contribution in [-0.4, -0.2) is 34.8 Å². The van der Waals surface area contributed by atoms with Crippen molar-refractivity contribution in [1.29, 1.82) is 0 Å². The van der Waals surface area contributed by atoms with Crippen molar-refractivity contribution in [2.24, 2.45) is 11.1 Å².